The summed E-state index contributed by atoms with van der Waals surface area (Å²) >= 11 is 0. The molecular formula is C19H16N6O2. The van der Waals surface area contributed by atoms with E-state index in [4.69, 9.17) is 0 Å². The number of carbonyl (C=O) groups excluding carboxylic acids is 1. The topological polar surface area (TPSA) is 94.2 Å². The molecule has 0 fully saturated rings. The van der Waals surface area contributed by atoms with Crippen molar-refractivity contribution in [3.8, 4) is 5.69 Å². The van der Waals surface area contributed by atoms with Crippen LogP contribution in [0.2, 0.25) is 0 Å². The van der Waals surface area contributed by atoms with Crippen LogP contribution in [-0.2, 0) is 6.42 Å². The Kier molecular flexibility index (Phi) is 4.44. The summed E-state index contributed by atoms with van der Waals surface area (Å²) in [7, 11) is 0. The van der Waals surface area contributed by atoms with E-state index in [1.54, 1.807) is 24.3 Å². The highest BCUT2D eigenvalue weighted by atomic mass is 16.2. The number of rotatable bonds is 5. The highest BCUT2D eigenvalue weighted by Crippen LogP contribution is 2.04. The molecule has 0 aliphatic carbocycles. The van der Waals surface area contributed by atoms with Crippen LogP contribution in [0.3, 0.4) is 0 Å². The molecule has 0 saturated carbocycles. The summed E-state index contributed by atoms with van der Waals surface area (Å²) in [4.78, 5) is 24.4. The van der Waals surface area contributed by atoms with Gasteiger partial charge in [0.15, 0.2) is 5.65 Å². The molecule has 134 valence electrons. The van der Waals surface area contributed by atoms with E-state index in [2.05, 4.69) is 20.6 Å². The van der Waals surface area contributed by atoms with Gasteiger partial charge in [-0.3, -0.25) is 14.0 Å². The fraction of sp³-hybridized carbons (Fsp3) is 0.105. The fourth-order valence-corrected chi connectivity index (χ4v) is 2.73. The maximum Gasteiger partial charge on any atom is 0.271 e. The molecule has 4 rings (SSSR count). The molecular weight excluding hydrogens is 344 g/mol. The van der Waals surface area contributed by atoms with Crippen LogP contribution in [0, 0.1) is 0 Å². The molecule has 0 saturated heterocycles. The normalized spacial score (nSPS) is 10.8. The lowest BCUT2D eigenvalue weighted by Gasteiger charge is -2.07. The van der Waals surface area contributed by atoms with Crippen molar-refractivity contribution in [3.05, 3.63) is 88.7 Å². The molecule has 0 spiro atoms. The van der Waals surface area contributed by atoms with Gasteiger partial charge in [0.25, 0.3) is 11.5 Å². The smallest absolute Gasteiger partial charge is 0.271 e. The van der Waals surface area contributed by atoms with Crippen molar-refractivity contribution in [2.75, 3.05) is 6.54 Å². The average Bonchev–Trinajstić information content (AvgIpc) is 3.12. The molecule has 4 aromatic rings. The molecule has 27 heavy (non-hydrogen) atoms. The number of fused-ring (bicyclic) bond motifs is 1. The third kappa shape index (κ3) is 3.45. The van der Waals surface area contributed by atoms with Gasteiger partial charge in [-0.25, -0.2) is 0 Å². The summed E-state index contributed by atoms with van der Waals surface area (Å²) in [5.41, 5.74) is 1.24. The van der Waals surface area contributed by atoms with Gasteiger partial charge in [0.1, 0.15) is 11.5 Å². The maximum absolute atomic E-state index is 12.4. The summed E-state index contributed by atoms with van der Waals surface area (Å²) in [5.74, 6) is 0.404. The third-order valence-electron chi connectivity index (χ3n) is 4.05. The molecule has 0 aliphatic heterocycles. The van der Waals surface area contributed by atoms with Gasteiger partial charge < -0.3 is 5.32 Å². The second kappa shape index (κ2) is 7.20. The first-order chi connectivity index (χ1) is 13.2. The number of amides is 1. The lowest BCUT2D eigenvalue weighted by atomic mass is 10.3. The van der Waals surface area contributed by atoms with Gasteiger partial charge in [0, 0.05) is 25.2 Å². The Labute approximate surface area is 154 Å². The molecule has 0 atom stereocenters. The second-order valence-corrected chi connectivity index (χ2v) is 5.86. The van der Waals surface area contributed by atoms with E-state index in [9.17, 15) is 9.59 Å². The summed E-state index contributed by atoms with van der Waals surface area (Å²) in [5, 5.41) is 15.2. The van der Waals surface area contributed by atoms with Crippen LogP contribution < -0.4 is 10.9 Å². The Morgan fingerprint density at radius 3 is 2.63 bits per heavy atom. The lowest BCUT2D eigenvalue weighted by molar-refractivity contribution is 0.0947. The molecule has 3 heterocycles. The summed E-state index contributed by atoms with van der Waals surface area (Å²) in [6.07, 6.45) is 2.40. The van der Waals surface area contributed by atoms with Crippen molar-refractivity contribution in [1.82, 2.24) is 29.7 Å². The predicted octanol–water partition coefficient (Wildman–Crippen LogP) is 1.25. The molecule has 0 radical (unpaired) electrons. The van der Waals surface area contributed by atoms with E-state index in [-0.39, 0.29) is 17.2 Å². The largest absolute Gasteiger partial charge is 0.350 e. The molecule has 0 aliphatic rings. The van der Waals surface area contributed by atoms with Gasteiger partial charge in [-0.05, 0) is 30.3 Å². The van der Waals surface area contributed by atoms with Crippen LogP contribution in [0.4, 0.5) is 0 Å². The van der Waals surface area contributed by atoms with Crippen molar-refractivity contribution in [2.45, 2.75) is 6.42 Å². The van der Waals surface area contributed by atoms with Crippen LogP contribution >= 0.6 is 0 Å². The van der Waals surface area contributed by atoms with Crippen LogP contribution in [-0.4, -0.2) is 36.8 Å². The number of hydrogen-bond donors (Lipinski definition) is 1. The molecule has 1 aromatic carbocycles. The Morgan fingerprint density at radius 1 is 0.963 bits per heavy atom. The van der Waals surface area contributed by atoms with Crippen LogP contribution in [0.1, 0.15) is 16.3 Å². The number of pyridine rings is 1. The number of hydrogen-bond acceptors (Lipinski definition) is 5. The first kappa shape index (κ1) is 16.6. The van der Waals surface area contributed by atoms with Gasteiger partial charge >= 0.3 is 0 Å². The fourth-order valence-electron chi connectivity index (χ4n) is 2.73. The number of nitrogens with zero attached hydrogens (tertiary/aromatic N) is 5. The molecule has 0 bridgehead atoms. The van der Waals surface area contributed by atoms with Gasteiger partial charge in [0.05, 0.1) is 5.69 Å². The highest BCUT2D eigenvalue weighted by Gasteiger charge is 2.11. The zero-order chi connectivity index (χ0) is 18.6. The maximum atomic E-state index is 12.4. The van der Waals surface area contributed by atoms with E-state index >= 15 is 0 Å². The van der Waals surface area contributed by atoms with Crippen molar-refractivity contribution < 1.29 is 4.79 Å². The quantitative estimate of drug-likeness (QED) is 0.578. The van der Waals surface area contributed by atoms with Crippen molar-refractivity contribution >= 4 is 11.6 Å². The number of aromatic nitrogens is 5. The Balaban J connectivity index is 1.46. The van der Waals surface area contributed by atoms with Gasteiger partial charge in [0.2, 0.25) is 0 Å². The average molecular weight is 360 g/mol. The second-order valence-electron chi connectivity index (χ2n) is 5.86. The molecule has 0 unspecified atom stereocenters. The Hall–Kier alpha value is -3.81. The van der Waals surface area contributed by atoms with E-state index in [1.807, 2.05) is 34.9 Å². The van der Waals surface area contributed by atoms with Crippen molar-refractivity contribution in [3.63, 3.8) is 0 Å². The lowest BCUT2D eigenvalue weighted by Crippen LogP contribution is -2.30. The van der Waals surface area contributed by atoms with E-state index in [0.29, 0.717) is 18.7 Å². The van der Waals surface area contributed by atoms with E-state index in [1.165, 1.54) is 16.8 Å². The first-order valence-electron chi connectivity index (χ1n) is 8.45. The molecule has 8 heteroatoms. The number of para-hydroxylation sites is 1. The molecule has 1 N–H and O–H groups in total. The summed E-state index contributed by atoms with van der Waals surface area (Å²) < 4.78 is 3.08. The standard InChI is InChI=1S/C19H16N6O2/c26-18-10-9-15(23-25(18)14-6-2-1-3-7-14)19(27)20-12-11-17-22-21-16-8-4-5-13-24(16)17/h1-10,13H,11-12H2,(H,20,27). The third-order valence-corrected chi connectivity index (χ3v) is 4.05. The monoisotopic (exact) mass is 360 g/mol. The van der Waals surface area contributed by atoms with Gasteiger partial charge in [-0.15, -0.1) is 10.2 Å². The summed E-state index contributed by atoms with van der Waals surface area (Å²) in [6.45, 7) is 0.376. The SMILES string of the molecule is O=C(NCCc1nnc2ccccn12)c1ccc(=O)n(-c2ccccc2)n1. The Morgan fingerprint density at radius 2 is 1.78 bits per heavy atom. The van der Waals surface area contributed by atoms with Crippen molar-refractivity contribution in [1.29, 1.82) is 0 Å². The first-order valence-corrected chi connectivity index (χ1v) is 8.45. The van der Waals surface area contributed by atoms with Gasteiger partial charge in [-0.2, -0.15) is 9.78 Å². The zero-order valence-corrected chi connectivity index (χ0v) is 14.3. The number of carbonyl (C=O) groups is 1. The van der Waals surface area contributed by atoms with Gasteiger partial charge in [-0.1, -0.05) is 24.3 Å². The number of benzene rings is 1. The molecule has 8 nitrogen and oxygen atoms in total. The van der Waals surface area contributed by atoms with E-state index in [0.717, 1.165) is 11.5 Å². The van der Waals surface area contributed by atoms with Crippen LogP contribution in [0.5, 0.6) is 0 Å². The van der Waals surface area contributed by atoms with Crippen LogP contribution in [0.25, 0.3) is 11.3 Å². The predicted molar refractivity (Wildman–Crippen MR) is 98.9 cm³/mol. The minimum atomic E-state index is -0.353. The minimum Gasteiger partial charge on any atom is -0.350 e. The van der Waals surface area contributed by atoms with E-state index < -0.39 is 0 Å². The van der Waals surface area contributed by atoms with Crippen molar-refractivity contribution in [2.24, 2.45) is 0 Å². The zero-order valence-electron chi connectivity index (χ0n) is 14.3. The molecule has 1 amide bonds. The summed E-state index contributed by atoms with van der Waals surface area (Å²) in [6, 6.07) is 17.4. The highest BCUT2D eigenvalue weighted by molar-refractivity contribution is 5.92. The molecule has 3 aromatic heterocycles. The van der Waals surface area contributed by atoms with Crippen LogP contribution in [0.15, 0.2) is 71.7 Å². The Bertz CT molecular complexity index is 1150. The minimum absolute atomic E-state index is 0.171. The number of nitrogens with one attached hydrogen (secondary N) is 1.